The summed E-state index contributed by atoms with van der Waals surface area (Å²) in [7, 11) is -3.33. The molecule has 2 aliphatic rings. The summed E-state index contributed by atoms with van der Waals surface area (Å²) in [5.41, 5.74) is 0.983. The van der Waals surface area contributed by atoms with Crippen LogP contribution in [0.5, 0.6) is 0 Å². The molecule has 1 atom stereocenters. The smallest absolute Gasteiger partial charge is 0.252 e. The number of hydrogen-bond donors (Lipinski definition) is 1. The molecule has 1 N–H and O–H groups in total. The van der Waals surface area contributed by atoms with Crippen molar-refractivity contribution >= 4 is 37.3 Å². The first-order valence-corrected chi connectivity index (χ1v) is 10.2. The molecule has 1 aromatic heterocycles. The molecular weight excluding hydrogens is 374 g/mol. The van der Waals surface area contributed by atoms with Crippen LogP contribution in [0.1, 0.15) is 12.0 Å². The van der Waals surface area contributed by atoms with Crippen LogP contribution in [-0.4, -0.2) is 62.9 Å². The number of halogens is 1. The molecule has 0 saturated carbocycles. The van der Waals surface area contributed by atoms with Gasteiger partial charge in [-0.05, 0) is 40.9 Å². The Bertz CT molecular complexity index is 591. The highest BCUT2D eigenvalue weighted by atomic mass is 79.9. The fourth-order valence-electron chi connectivity index (χ4n) is 2.96. The molecule has 0 radical (unpaired) electrons. The van der Waals surface area contributed by atoms with Crippen LogP contribution in [-0.2, 0) is 10.0 Å². The molecule has 0 bridgehead atoms. The van der Waals surface area contributed by atoms with E-state index in [9.17, 15) is 8.42 Å². The number of nitrogens with zero attached hydrogens (tertiary/aromatic N) is 2. The van der Waals surface area contributed by atoms with Gasteiger partial charge in [-0.15, -0.1) is 11.3 Å². The van der Waals surface area contributed by atoms with Crippen LogP contribution < -0.4 is 5.32 Å². The zero-order valence-corrected chi connectivity index (χ0v) is 15.2. The van der Waals surface area contributed by atoms with Gasteiger partial charge in [0.1, 0.15) is 4.21 Å². The van der Waals surface area contributed by atoms with Gasteiger partial charge in [-0.25, -0.2) is 8.42 Å². The van der Waals surface area contributed by atoms with Gasteiger partial charge in [-0.2, -0.15) is 4.31 Å². The van der Waals surface area contributed by atoms with Gasteiger partial charge >= 0.3 is 0 Å². The van der Waals surface area contributed by atoms with Gasteiger partial charge in [-0.1, -0.05) is 0 Å². The first-order valence-electron chi connectivity index (χ1n) is 7.19. The summed E-state index contributed by atoms with van der Waals surface area (Å²) >= 11 is 4.72. The number of hydrogen-bond acceptors (Lipinski definition) is 5. The standard InChI is InChI=1S/C13H20BrN3O2S2/c1-10-8-12(20-13(10)14)21(18,19)17-5-2-11(9-17)16-6-3-15-4-7-16/h8,11,15H,2-7,9H2,1H3. The third-order valence-corrected chi connectivity index (χ3v) is 8.67. The predicted octanol–water partition coefficient (Wildman–Crippen LogP) is 1.49. The molecule has 5 nitrogen and oxygen atoms in total. The Kier molecular flexibility index (Phi) is 4.73. The molecule has 0 aromatic carbocycles. The molecule has 0 spiro atoms. The number of nitrogens with one attached hydrogen (secondary N) is 1. The molecule has 0 amide bonds. The molecule has 3 heterocycles. The van der Waals surface area contributed by atoms with Crippen molar-refractivity contribution in [3.05, 3.63) is 15.4 Å². The Morgan fingerprint density at radius 2 is 2.05 bits per heavy atom. The fraction of sp³-hybridized carbons (Fsp3) is 0.692. The van der Waals surface area contributed by atoms with Crippen LogP contribution in [0.4, 0.5) is 0 Å². The van der Waals surface area contributed by atoms with Gasteiger partial charge in [0.2, 0.25) is 0 Å². The van der Waals surface area contributed by atoms with Gasteiger partial charge in [-0.3, -0.25) is 4.90 Å². The molecule has 8 heteroatoms. The summed E-state index contributed by atoms with van der Waals surface area (Å²) in [5, 5.41) is 3.34. The maximum atomic E-state index is 12.7. The Morgan fingerprint density at radius 1 is 1.33 bits per heavy atom. The van der Waals surface area contributed by atoms with Crippen LogP contribution in [0.2, 0.25) is 0 Å². The lowest BCUT2D eigenvalue weighted by atomic mass is 10.2. The van der Waals surface area contributed by atoms with Crippen molar-refractivity contribution < 1.29 is 8.42 Å². The Hall–Kier alpha value is 0.01000. The largest absolute Gasteiger partial charge is 0.314 e. The number of sulfonamides is 1. The average Bonchev–Trinajstić information content (AvgIpc) is 3.09. The summed E-state index contributed by atoms with van der Waals surface area (Å²) < 4.78 is 28.4. The molecule has 2 saturated heterocycles. The second-order valence-corrected chi connectivity index (χ2v) is 10.1. The molecule has 1 aromatic rings. The van der Waals surface area contributed by atoms with Crippen molar-refractivity contribution in [3.8, 4) is 0 Å². The number of rotatable bonds is 3. The van der Waals surface area contributed by atoms with Crippen molar-refractivity contribution in [2.75, 3.05) is 39.3 Å². The summed E-state index contributed by atoms with van der Waals surface area (Å²) in [5.74, 6) is 0. The zero-order valence-electron chi connectivity index (χ0n) is 12.0. The van der Waals surface area contributed by atoms with Crippen molar-refractivity contribution in [2.45, 2.75) is 23.6 Å². The predicted molar refractivity (Wildman–Crippen MR) is 88.4 cm³/mol. The molecule has 2 aliphatic heterocycles. The lowest BCUT2D eigenvalue weighted by Crippen LogP contribution is -2.49. The minimum Gasteiger partial charge on any atom is -0.314 e. The fourth-order valence-corrected chi connectivity index (χ4v) is 6.83. The Balaban J connectivity index is 1.72. The zero-order chi connectivity index (χ0) is 15.0. The minimum atomic E-state index is -3.33. The van der Waals surface area contributed by atoms with Gasteiger partial charge < -0.3 is 5.32 Å². The molecule has 0 aliphatic carbocycles. The maximum Gasteiger partial charge on any atom is 0.252 e. The third kappa shape index (κ3) is 3.20. The molecule has 3 rings (SSSR count). The number of piperazine rings is 1. The van der Waals surface area contributed by atoms with Crippen molar-refractivity contribution in [2.24, 2.45) is 0 Å². The summed E-state index contributed by atoms with van der Waals surface area (Å²) in [6, 6.07) is 2.13. The highest BCUT2D eigenvalue weighted by Gasteiger charge is 2.36. The quantitative estimate of drug-likeness (QED) is 0.844. The minimum absolute atomic E-state index is 0.367. The number of aryl methyl sites for hydroxylation is 1. The lowest BCUT2D eigenvalue weighted by Gasteiger charge is -2.32. The van der Waals surface area contributed by atoms with Gasteiger partial charge in [0, 0.05) is 45.3 Å². The van der Waals surface area contributed by atoms with Crippen molar-refractivity contribution in [1.29, 1.82) is 0 Å². The van der Waals surface area contributed by atoms with E-state index in [1.54, 1.807) is 10.4 Å². The van der Waals surface area contributed by atoms with Gasteiger partial charge in [0.25, 0.3) is 10.0 Å². The second kappa shape index (κ2) is 6.25. The van der Waals surface area contributed by atoms with Crippen LogP contribution in [0.25, 0.3) is 0 Å². The van der Waals surface area contributed by atoms with Crippen LogP contribution in [0, 0.1) is 6.92 Å². The summed E-state index contributed by atoms with van der Waals surface area (Å²) in [4.78, 5) is 2.42. The Labute approximate surface area is 138 Å². The molecule has 118 valence electrons. The van der Waals surface area contributed by atoms with E-state index in [0.29, 0.717) is 23.3 Å². The number of thiophene rings is 1. The van der Waals surface area contributed by atoms with Crippen LogP contribution >= 0.6 is 27.3 Å². The molecule has 21 heavy (non-hydrogen) atoms. The van der Waals surface area contributed by atoms with E-state index in [0.717, 1.165) is 41.9 Å². The van der Waals surface area contributed by atoms with Crippen LogP contribution in [0.3, 0.4) is 0 Å². The Morgan fingerprint density at radius 3 is 2.67 bits per heavy atom. The van der Waals surface area contributed by atoms with E-state index < -0.39 is 10.0 Å². The lowest BCUT2D eigenvalue weighted by molar-refractivity contribution is 0.179. The van der Waals surface area contributed by atoms with Gasteiger partial charge in [0.15, 0.2) is 0 Å². The SMILES string of the molecule is Cc1cc(S(=O)(=O)N2CCC(N3CCNCC3)C2)sc1Br. The van der Waals surface area contributed by atoms with Gasteiger partial charge in [0.05, 0.1) is 3.79 Å². The van der Waals surface area contributed by atoms with Crippen molar-refractivity contribution in [1.82, 2.24) is 14.5 Å². The van der Waals surface area contributed by atoms with E-state index in [1.165, 1.54) is 11.3 Å². The third-order valence-electron chi connectivity index (χ3n) is 4.22. The highest BCUT2D eigenvalue weighted by Crippen LogP contribution is 2.33. The monoisotopic (exact) mass is 393 g/mol. The topological polar surface area (TPSA) is 52.7 Å². The first kappa shape index (κ1) is 15.9. The highest BCUT2D eigenvalue weighted by molar-refractivity contribution is 9.11. The van der Waals surface area contributed by atoms with E-state index in [4.69, 9.17) is 0 Å². The summed E-state index contributed by atoms with van der Waals surface area (Å²) in [6.45, 7) is 7.21. The normalized spacial score (nSPS) is 25.5. The summed E-state index contributed by atoms with van der Waals surface area (Å²) in [6.07, 6.45) is 0.935. The van der Waals surface area contributed by atoms with E-state index in [2.05, 4.69) is 26.1 Å². The molecule has 1 unspecified atom stereocenters. The van der Waals surface area contributed by atoms with Crippen LogP contribution in [0.15, 0.2) is 14.1 Å². The molecular formula is C13H20BrN3O2S2. The van der Waals surface area contributed by atoms with E-state index in [-0.39, 0.29) is 0 Å². The first-order chi connectivity index (χ1) is 9.98. The average molecular weight is 394 g/mol. The second-order valence-electron chi connectivity index (χ2n) is 5.61. The van der Waals surface area contributed by atoms with E-state index in [1.807, 2.05) is 6.92 Å². The van der Waals surface area contributed by atoms with Crippen molar-refractivity contribution in [3.63, 3.8) is 0 Å². The van der Waals surface area contributed by atoms with E-state index >= 15 is 0 Å². The molecule has 2 fully saturated rings. The maximum absolute atomic E-state index is 12.7.